The molecule has 0 saturated carbocycles. The number of hydrogen-bond donors (Lipinski definition) is 1. The molecule has 0 radical (unpaired) electrons. The van der Waals surface area contributed by atoms with E-state index in [4.69, 9.17) is 0 Å². The van der Waals surface area contributed by atoms with Crippen molar-refractivity contribution in [2.45, 2.75) is 20.0 Å². The van der Waals surface area contributed by atoms with Crippen LogP contribution in [0.25, 0.3) is 0 Å². The predicted molar refractivity (Wildman–Crippen MR) is 44.1 cm³/mol. The van der Waals surface area contributed by atoms with E-state index < -0.39 is 16.0 Å². The summed E-state index contributed by atoms with van der Waals surface area (Å²) in [7, 11) is -3.31. The number of nitrogens with one attached hydrogen (secondary N) is 1. The van der Waals surface area contributed by atoms with Gasteiger partial charge in [0, 0.05) is 0 Å². The van der Waals surface area contributed by atoms with Crippen LogP contribution in [0.2, 0.25) is 0 Å². The van der Waals surface area contributed by atoms with Crippen molar-refractivity contribution in [3.05, 3.63) is 0 Å². The first kappa shape index (κ1) is 11.4. The van der Waals surface area contributed by atoms with Crippen molar-refractivity contribution in [3.8, 4) is 0 Å². The van der Waals surface area contributed by atoms with Gasteiger partial charge in [-0.15, -0.1) is 0 Å². The highest BCUT2D eigenvalue weighted by atomic mass is 32.2. The van der Waals surface area contributed by atoms with Gasteiger partial charge in [-0.1, -0.05) is 0 Å². The summed E-state index contributed by atoms with van der Waals surface area (Å²) in [5.41, 5.74) is 0. The van der Waals surface area contributed by atoms with E-state index in [0.29, 0.717) is 0 Å². The van der Waals surface area contributed by atoms with E-state index in [2.05, 4.69) is 4.74 Å². The lowest BCUT2D eigenvalue weighted by Gasteiger charge is -2.07. The van der Waals surface area contributed by atoms with Crippen molar-refractivity contribution < 1.29 is 17.9 Å². The number of esters is 1. The smallest absolute Gasteiger partial charge is 0.321 e. The maximum atomic E-state index is 10.8. The van der Waals surface area contributed by atoms with Gasteiger partial charge in [0.05, 0.1) is 12.4 Å². The summed E-state index contributed by atoms with van der Waals surface area (Å²) in [6.45, 7) is 3.08. The number of hydrogen-bond acceptors (Lipinski definition) is 4. The van der Waals surface area contributed by atoms with Crippen LogP contribution in [0.5, 0.6) is 0 Å². The van der Waals surface area contributed by atoms with Crippen molar-refractivity contribution in [3.63, 3.8) is 0 Å². The largest absolute Gasteiger partial charge is 0.462 e. The quantitative estimate of drug-likeness (QED) is 0.613. The lowest BCUT2D eigenvalue weighted by Crippen LogP contribution is -2.30. The van der Waals surface area contributed by atoms with E-state index in [1.165, 1.54) is 0 Å². The first-order chi connectivity index (χ1) is 5.31. The number of carbonyl (C=O) groups excluding carboxylic acids is 1. The Bertz CT molecular complexity index is 244. The lowest BCUT2D eigenvalue weighted by molar-refractivity contribution is -0.145. The Balaban J connectivity index is 3.73. The van der Waals surface area contributed by atoms with Gasteiger partial charge in [0.1, 0.15) is 6.54 Å². The van der Waals surface area contributed by atoms with E-state index >= 15 is 0 Å². The molecule has 6 heteroatoms. The summed E-state index contributed by atoms with van der Waals surface area (Å²) in [4.78, 5) is 10.8. The minimum Gasteiger partial charge on any atom is -0.462 e. The minimum atomic E-state index is -3.31. The van der Waals surface area contributed by atoms with Crippen LogP contribution in [0.15, 0.2) is 0 Å². The first-order valence-corrected chi connectivity index (χ1v) is 5.34. The zero-order valence-corrected chi connectivity index (χ0v) is 8.14. The van der Waals surface area contributed by atoms with Gasteiger partial charge in [-0.3, -0.25) is 4.79 Å². The van der Waals surface area contributed by atoms with E-state index in [0.717, 1.165) is 6.26 Å². The van der Waals surface area contributed by atoms with Crippen molar-refractivity contribution in [2.75, 3.05) is 12.8 Å². The van der Waals surface area contributed by atoms with Gasteiger partial charge in [-0.25, -0.2) is 13.1 Å². The summed E-state index contributed by atoms with van der Waals surface area (Å²) in [6, 6.07) is 0. The Morgan fingerprint density at radius 1 is 1.50 bits per heavy atom. The zero-order valence-electron chi connectivity index (χ0n) is 7.33. The molecule has 0 heterocycles. The van der Waals surface area contributed by atoms with Crippen molar-refractivity contribution in [1.29, 1.82) is 0 Å². The fraction of sp³-hybridized carbons (Fsp3) is 0.833. The van der Waals surface area contributed by atoms with E-state index in [9.17, 15) is 13.2 Å². The highest BCUT2D eigenvalue weighted by molar-refractivity contribution is 7.88. The van der Waals surface area contributed by atoms with Crippen molar-refractivity contribution in [2.24, 2.45) is 0 Å². The molecule has 72 valence electrons. The molecule has 0 aliphatic carbocycles. The van der Waals surface area contributed by atoms with E-state index in [1.54, 1.807) is 13.8 Å². The molecule has 0 aromatic heterocycles. The van der Waals surface area contributed by atoms with Crippen LogP contribution in [0.3, 0.4) is 0 Å². The maximum Gasteiger partial charge on any atom is 0.321 e. The molecule has 0 aliphatic rings. The molecule has 0 fully saturated rings. The topological polar surface area (TPSA) is 72.5 Å². The predicted octanol–water partition coefficient (Wildman–Crippen LogP) is -0.513. The van der Waals surface area contributed by atoms with Gasteiger partial charge in [-0.05, 0) is 13.8 Å². The Morgan fingerprint density at radius 2 is 2.00 bits per heavy atom. The normalized spacial score (nSPS) is 11.7. The highest BCUT2D eigenvalue weighted by Gasteiger charge is 2.08. The Morgan fingerprint density at radius 3 is 2.33 bits per heavy atom. The average Bonchev–Trinajstić information content (AvgIpc) is 1.80. The third-order valence-electron chi connectivity index (χ3n) is 0.846. The second-order valence-electron chi connectivity index (χ2n) is 2.63. The molecule has 5 nitrogen and oxygen atoms in total. The molecule has 0 spiro atoms. The fourth-order valence-electron chi connectivity index (χ4n) is 0.495. The van der Waals surface area contributed by atoms with Crippen LogP contribution in [0, 0.1) is 0 Å². The van der Waals surface area contributed by atoms with Crippen LogP contribution >= 0.6 is 0 Å². The molecule has 0 aliphatic heterocycles. The Hall–Kier alpha value is -0.620. The molecule has 0 aromatic carbocycles. The van der Waals surface area contributed by atoms with Gasteiger partial charge in [-0.2, -0.15) is 0 Å². The van der Waals surface area contributed by atoms with E-state index in [-0.39, 0.29) is 12.6 Å². The monoisotopic (exact) mass is 195 g/mol. The van der Waals surface area contributed by atoms with Crippen LogP contribution in [0.1, 0.15) is 13.8 Å². The molecular weight excluding hydrogens is 182 g/mol. The average molecular weight is 195 g/mol. The summed E-state index contributed by atoms with van der Waals surface area (Å²) in [5, 5.41) is 0. The van der Waals surface area contributed by atoms with Crippen LogP contribution < -0.4 is 4.72 Å². The van der Waals surface area contributed by atoms with Gasteiger partial charge in [0.2, 0.25) is 10.0 Å². The summed E-state index contributed by atoms with van der Waals surface area (Å²) >= 11 is 0. The molecule has 0 amide bonds. The summed E-state index contributed by atoms with van der Waals surface area (Å²) < 4.78 is 27.7. The SMILES string of the molecule is CC(C)OC(=O)CNS(C)(=O)=O. The van der Waals surface area contributed by atoms with Crippen molar-refractivity contribution >= 4 is 16.0 Å². The molecular formula is C6H13NO4S. The van der Waals surface area contributed by atoms with Gasteiger partial charge < -0.3 is 4.74 Å². The molecule has 0 unspecified atom stereocenters. The molecule has 0 bridgehead atoms. The molecule has 0 atom stereocenters. The van der Waals surface area contributed by atoms with Crippen molar-refractivity contribution in [1.82, 2.24) is 4.72 Å². The zero-order chi connectivity index (χ0) is 9.78. The van der Waals surface area contributed by atoms with Crippen LogP contribution in [-0.2, 0) is 19.6 Å². The molecule has 12 heavy (non-hydrogen) atoms. The summed E-state index contributed by atoms with van der Waals surface area (Å²) in [5.74, 6) is -0.574. The Kier molecular flexibility index (Phi) is 4.19. The Labute approximate surface area is 72.1 Å². The molecule has 0 rings (SSSR count). The highest BCUT2D eigenvalue weighted by Crippen LogP contribution is 1.87. The molecule has 0 saturated heterocycles. The van der Waals surface area contributed by atoms with E-state index in [1.807, 2.05) is 4.72 Å². The second kappa shape index (κ2) is 4.42. The van der Waals surface area contributed by atoms with Gasteiger partial charge in [0.25, 0.3) is 0 Å². The number of sulfonamides is 1. The molecule has 0 aromatic rings. The standard InChI is InChI=1S/C6H13NO4S/c1-5(2)11-6(8)4-7-12(3,9)10/h5,7H,4H2,1-3H3. The lowest BCUT2D eigenvalue weighted by atomic mass is 10.5. The third kappa shape index (κ3) is 7.49. The number of carbonyl (C=O) groups is 1. The summed E-state index contributed by atoms with van der Waals surface area (Å²) in [6.07, 6.45) is 0.759. The number of ether oxygens (including phenoxy) is 1. The third-order valence-corrected chi connectivity index (χ3v) is 1.51. The minimum absolute atomic E-state index is 0.223. The molecule has 1 N–H and O–H groups in total. The maximum absolute atomic E-state index is 10.8. The van der Waals surface area contributed by atoms with Crippen LogP contribution in [0.4, 0.5) is 0 Å². The van der Waals surface area contributed by atoms with Crippen LogP contribution in [-0.4, -0.2) is 33.3 Å². The second-order valence-corrected chi connectivity index (χ2v) is 4.46. The van der Waals surface area contributed by atoms with Gasteiger partial charge in [0.15, 0.2) is 0 Å². The van der Waals surface area contributed by atoms with Gasteiger partial charge >= 0.3 is 5.97 Å². The first-order valence-electron chi connectivity index (χ1n) is 3.45. The number of rotatable bonds is 4. The fourth-order valence-corrected chi connectivity index (χ4v) is 0.875.